The molecular weight excluding hydrogens is 304 g/mol. The summed E-state index contributed by atoms with van der Waals surface area (Å²) in [5.41, 5.74) is 3.36. The summed E-state index contributed by atoms with van der Waals surface area (Å²) in [6, 6.07) is 14.0. The van der Waals surface area contributed by atoms with Crippen LogP contribution in [0.25, 0.3) is 11.5 Å². The Morgan fingerprint density at radius 1 is 1.04 bits per heavy atom. The van der Waals surface area contributed by atoms with E-state index in [1.807, 2.05) is 24.3 Å². The molecule has 0 spiro atoms. The van der Waals surface area contributed by atoms with Gasteiger partial charge in [-0.1, -0.05) is 12.1 Å². The number of rotatable bonds is 5. The SMILES string of the molecule is COc1ccc(CCc2nnc(-c3ccc4c(c3)CCO4)o2)cc1. The fourth-order valence-corrected chi connectivity index (χ4v) is 2.83. The Labute approximate surface area is 140 Å². The summed E-state index contributed by atoms with van der Waals surface area (Å²) in [5.74, 6) is 3.03. The van der Waals surface area contributed by atoms with E-state index in [2.05, 4.69) is 28.4 Å². The van der Waals surface area contributed by atoms with Crippen molar-refractivity contribution >= 4 is 0 Å². The van der Waals surface area contributed by atoms with Crippen LogP contribution in [0.4, 0.5) is 0 Å². The van der Waals surface area contributed by atoms with Crippen LogP contribution in [0.5, 0.6) is 11.5 Å². The van der Waals surface area contributed by atoms with Crippen LogP contribution in [0, 0.1) is 0 Å². The molecule has 0 unspecified atom stereocenters. The molecule has 0 bridgehead atoms. The lowest BCUT2D eigenvalue weighted by Gasteiger charge is -2.02. The number of hydrogen-bond acceptors (Lipinski definition) is 5. The van der Waals surface area contributed by atoms with Gasteiger partial charge in [0.05, 0.1) is 13.7 Å². The lowest BCUT2D eigenvalue weighted by atomic mass is 10.1. The topological polar surface area (TPSA) is 57.4 Å². The van der Waals surface area contributed by atoms with Gasteiger partial charge in [-0.15, -0.1) is 10.2 Å². The highest BCUT2D eigenvalue weighted by Gasteiger charge is 2.15. The Kier molecular flexibility index (Phi) is 3.91. The van der Waals surface area contributed by atoms with Gasteiger partial charge in [0.25, 0.3) is 0 Å². The molecule has 4 rings (SSSR count). The molecule has 1 aliphatic rings. The van der Waals surface area contributed by atoms with Crippen molar-refractivity contribution in [1.29, 1.82) is 0 Å². The van der Waals surface area contributed by atoms with Gasteiger partial charge in [-0.2, -0.15) is 0 Å². The molecule has 0 saturated heterocycles. The summed E-state index contributed by atoms with van der Waals surface area (Å²) in [4.78, 5) is 0. The lowest BCUT2D eigenvalue weighted by Crippen LogP contribution is -1.92. The molecule has 0 amide bonds. The minimum absolute atomic E-state index is 0.564. The molecule has 0 fully saturated rings. The van der Waals surface area contributed by atoms with Crippen LogP contribution in [-0.4, -0.2) is 23.9 Å². The molecule has 2 heterocycles. The van der Waals surface area contributed by atoms with Gasteiger partial charge in [0.2, 0.25) is 11.8 Å². The Morgan fingerprint density at radius 3 is 2.75 bits per heavy atom. The number of aryl methyl sites for hydroxylation is 2. The van der Waals surface area contributed by atoms with Gasteiger partial charge in [-0.3, -0.25) is 0 Å². The number of nitrogens with zero attached hydrogens (tertiary/aromatic N) is 2. The van der Waals surface area contributed by atoms with Gasteiger partial charge < -0.3 is 13.9 Å². The molecule has 5 nitrogen and oxygen atoms in total. The summed E-state index contributed by atoms with van der Waals surface area (Å²) < 4.78 is 16.5. The molecule has 0 radical (unpaired) electrons. The Balaban J connectivity index is 1.44. The highest BCUT2D eigenvalue weighted by Crippen LogP contribution is 2.30. The molecule has 0 atom stereocenters. The second-order valence-electron chi connectivity index (χ2n) is 5.77. The second kappa shape index (κ2) is 6.35. The van der Waals surface area contributed by atoms with Crippen LogP contribution in [0.1, 0.15) is 17.0 Å². The molecule has 24 heavy (non-hydrogen) atoms. The Hall–Kier alpha value is -2.82. The van der Waals surface area contributed by atoms with Gasteiger partial charge in [-0.25, -0.2) is 0 Å². The fourth-order valence-electron chi connectivity index (χ4n) is 2.83. The van der Waals surface area contributed by atoms with Crippen LogP contribution < -0.4 is 9.47 Å². The van der Waals surface area contributed by atoms with Crippen molar-refractivity contribution in [3.63, 3.8) is 0 Å². The minimum Gasteiger partial charge on any atom is -0.497 e. The normalized spacial score (nSPS) is 12.7. The molecule has 0 N–H and O–H groups in total. The molecule has 1 aliphatic heterocycles. The third kappa shape index (κ3) is 2.97. The molecular formula is C19H18N2O3. The van der Waals surface area contributed by atoms with E-state index < -0.39 is 0 Å². The molecule has 2 aromatic carbocycles. The van der Waals surface area contributed by atoms with Crippen molar-refractivity contribution in [2.45, 2.75) is 19.3 Å². The van der Waals surface area contributed by atoms with E-state index >= 15 is 0 Å². The predicted molar refractivity (Wildman–Crippen MR) is 89.3 cm³/mol. The fraction of sp³-hybridized carbons (Fsp3) is 0.263. The lowest BCUT2D eigenvalue weighted by molar-refractivity contribution is 0.357. The first-order valence-corrected chi connectivity index (χ1v) is 8.03. The van der Waals surface area contributed by atoms with Crippen LogP contribution in [-0.2, 0) is 19.3 Å². The molecule has 122 valence electrons. The average Bonchev–Trinajstić information content (AvgIpc) is 3.29. The van der Waals surface area contributed by atoms with Gasteiger partial charge in [-0.05, 0) is 47.9 Å². The summed E-state index contributed by atoms with van der Waals surface area (Å²) in [6.07, 6.45) is 2.50. The maximum atomic E-state index is 5.81. The summed E-state index contributed by atoms with van der Waals surface area (Å²) in [5, 5.41) is 8.34. The predicted octanol–water partition coefficient (Wildman–Crippen LogP) is 3.47. The summed E-state index contributed by atoms with van der Waals surface area (Å²) in [6.45, 7) is 0.746. The van der Waals surface area contributed by atoms with E-state index in [1.165, 1.54) is 11.1 Å². The Morgan fingerprint density at radius 2 is 1.92 bits per heavy atom. The van der Waals surface area contributed by atoms with Gasteiger partial charge >= 0.3 is 0 Å². The maximum absolute atomic E-state index is 5.81. The van der Waals surface area contributed by atoms with Crippen LogP contribution in [0.15, 0.2) is 46.9 Å². The number of aromatic nitrogens is 2. The van der Waals surface area contributed by atoms with Gasteiger partial charge in [0.1, 0.15) is 11.5 Å². The number of ether oxygens (including phenoxy) is 2. The van der Waals surface area contributed by atoms with Crippen molar-refractivity contribution in [2.24, 2.45) is 0 Å². The first kappa shape index (κ1) is 14.8. The van der Waals surface area contributed by atoms with Crippen molar-refractivity contribution in [3.8, 4) is 23.0 Å². The molecule has 0 saturated carbocycles. The number of benzene rings is 2. The van der Waals surface area contributed by atoms with Crippen molar-refractivity contribution in [3.05, 3.63) is 59.5 Å². The van der Waals surface area contributed by atoms with Gasteiger partial charge in [0, 0.05) is 18.4 Å². The smallest absolute Gasteiger partial charge is 0.247 e. The van der Waals surface area contributed by atoms with Crippen molar-refractivity contribution < 1.29 is 13.9 Å². The quantitative estimate of drug-likeness (QED) is 0.720. The zero-order chi connectivity index (χ0) is 16.4. The number of methoxy groups -OCH3 is 1. The van der Waals surface area contributed by atoms with Crippen LogP contribution >= 0.6 is 0 Å². The molecule has 1 aromatic heterocycles. The maximum Gasteiger partial charge on any atom is 0.247 e. The first-order chi connectivity index (χ1) is 11.8. The summed E-state index contributed by atoms with van der Waals surface area (Å²) in [7, 11) is 1.67. The first-order valence-electron chi connectivity index (χ1n) is 8.03. The van der Waals surface area contributed by atoms with E-state index in [0.717, 1.165) is 36.5 Å². The molecule has 0 aliphatic carbocycles. The van der Waals surface area contributed by atoms with E-state index in [-0.39, 0.29) is 0 Å². The highest BCUT2D eigenvalue weighted by molar-refractivity contribution is 5.57. The van der Waals surface area contributed by atoms with Gasteiger partial charge in [0.15, 0.2) is 0 Å². The standard InChI is InChI=1S/C19H18N2O3/c1-22-16-6-2-13(3-7-16)4-9-18-20-21-19(24-18)15-5-8-17-14(12-15)10-11-23-17/h2-3,5-8,12H,4,9-11H2,1H3. The van der Waals surface area contributed by atoms with Crippen LogP contribution in [0.3, 0.4) is 0 Å². The summed E-state index contributed by atoms with van der Waals surface area (Å²) >= 11 is 0. The van der Waals surface area contributed by atoms with E-state index in [0.29, 0.717) is 18.2 Å². The van der Waals surface area contributed by atoms with E-state index in [1.54, 1.807) is 7.11 Å². The monoisotopic (exact) mass is 322 g/mol. The highest BCUT2D eigenvalue weighted by atomic mass is 16.5. The third-order valence-corrected chi connectivity index (χ3v) is 4.19. The largest absolute Gasteiger partial charge is 0.497 e. The number of hydrogen-bond donors (Lipinski definition) is 0. The zero-order valence-corrected chi connectivity index (χ0v) is 13.5. The van der Waals surface area contributed by atoms with Crippen LogP contribution in [0.2, 0.25) is 0 Å². The number of fused-ring (bicyclic) bond motifs is 1. The molecule has 3 aromatic rings. The minimum atomic E-state index is 0.564. The zero-order valence-electron chi connectivity index (χ0n) is 13.5. The van der Waals surface area contributed by atoms with E-state index in [9.17, 15) is 0 Å². The second-order valence-corrected chi connectivity index (χ2v) is 5.77. The third-order valence-electron chi connectivity index (χ3n) is 4.19. The van der Waals surface area contributed by atoms with Crippen molar-refractivity contribution in [1.82, 2.24) is 10.2 Å². The van der Waals surface area contributed by atoms with Crippen molar-refractivity contribution in [2.75, 3.05) is 13.7 Å². The average molecular weight is 322 g/mol. The Bertz CT molecular complexity index is 840. The molecule has 5 heteroatoms. The van der Waals surface area contributed by atoms with E-state index in [4.69, 9.17) is 13.9 Å².